The molecular weight excluding hydrogens is 510 g/mol. The van der Waals surface area contributed by atoms with Crippen LogP contribution in [0.4, 0.5) is 5.69 Å². The molecule has 0 saturated heterocycles. The van der Waals surface area contributed by atoms with Crippen LogP contribution in [0.15, 0.2) is 87.2 Å². The lowest BCUT2D eigenvalue weighted by atomic mass is 10.2. The number of hydrogen-bond donors (Lipinski definition) is 2. The Morgan fingerprint density at radius 3 is 2.55 bits per heavy atom. The minimum atomic E-state index is -0.647. The normalized spacial score (nSPS) is 11.5. The zero-order valence-electron chi connectivity index (χ0n) is 20.0. The summed E-state index contributed by atoms with van der Waals surface area (Å²) in [6.45, 7) is 1.89. The molecule has 3 aromatic heterocycles. The van der Waals surface area contributed by atoms with Gasteiger partial charge in [0.05, 0.1) is 12.2 Å². The van der Waals surface area contributed by atoms with Crippen LogP contribution in [0.1, 0.15) is 21.9 Å². The van der Waals surface area contributed by atoms with E-state index in [-0.39, 0.29) is 35.1 Å². The lowest BCUT2D eigenvalue weighted by molar-refractivity contribution is 0.0995. The molecule has 0 fully saturated rings. The monoisotopic (exact) mass is 529 g/mol. The molecule has 5 aromatic rings. The van der Waals surface area contributed by atoms with Crippen LogP contribution in [0.3, 0.4) is 0 Å². The van der Waals surface area contributed by atoms with E-state index < -0.39 is 5.91 Å². The molecule has 0 bridgehead atoms. The number of nitrogens with one attached hydrogen (secondary N) is 1. The molecule has 0 aliphatic heterocycles. The van der Waals surface area contributed by atoms with Crippen LogP contribution in [0.2, 0.25) is 5.02 Å². The van der Waals surface area contributed by atoms with Crippen molar-refractivity contribution in [2.24, 2.45) is 10.7 Å². The number of nitrogens with two attached hydrogens (primary N) is 1. The maximum atomic E-state index is 13.5. The average molecular weight is 530 g/mol. The summed E-state index contributed by atoms with van der Waals surface area (Å²) in [6.07, 6.45) is 1.49. The highest BCUT2D eigenvalue weighted by Crippen LogP contribution is 2.23. The second-order valence-electron chi connectivity index (χ2n) is 8.12. The molecule has 0 aliphatic rings. The highest BCUT2D eigenvalue weighted by Gasteiger charge is 2.15. The maximum Gasteiger partial charge on any atom is 0.268 e. The number of primary amides is 1. The van der Waals surface area contributed by atoms with Crippen molar-refractivity contribution >= 4 is 23.2 Å². The highest BCUT2D eigenvalue weighted by molar-refractivity contribution is 6.30. The van der Waals surface area contributed by atoms with Crippen molar-refractivity contribution < 1.29 is 14.1 Å². The number of pyridine rings is 1. The first-order valence-corrected chi connectivity index (χ1v) is 11.7. The van der Waals surface area contributed by atoms with E-state index in [4.69, 9.17) is 26.6 Å². The second kappa shape index (κ2) is 10.5. The fraction of sp³-hybridized carbons (Fsp3) is 0.0769. The number of H-pyrrole nitrogens is 1. The van der Waals surface area contributed by atoms with Gasteiger partial charge >= 0.3 is 0 Å². The number of aromatic amines is 1. The number of halogens is 1. The number of aromatic nitrogens is 5. The third-order valence-corrected chi connectivity index (χ3v) is 5.61. The van der Waals surface area contributed by atoms with Crippen LogP contribution in [0, 0.1) is 6.92 Å². The molecular formula is C26H20ClN7O4. The minimum absolute atomic E-state index is 0.0995. The first kappa shape index (κ1) is 24.7. The van der Waals surface area contributed by atoms with Gasteiger partial charge < -0.3 is 20.0 Å². The van der Waals surface area contributed by atoms with E-state index in [0.717, 1.165) is 5.56 Å². The number of amides is 1. The van der Waals surface area contributed by atoms with Gasteiger partial charge in [-0.3, -0.25) is 14.2 Å². The van der Waals surface area contributed by atoms with Gasteiger partial charge in [-0.1, -0.05) is 35.0 Å². The van der Waals surface area contributed by atoms with Gasteiger partial charge in [0, 0.05) is 17.3 Å². The van der Waals surface area contributed by atoms with Crippen molar-refractivity contribution in [3.05, 3.63) is 111 Å². The summed E-state index contributed by atoms with van der Waals surface area (Å²) in [6, 6.07) is 18.7. The number of hydrogen-bond acceptors (Lipinski definition) is 8. The van der Waals surface area contributed by atoms with E-state index in [1.807, 2.05) is 12.1 Å². The Labute approximate surface area is 220 Å². The van der Waals surface area contributed by atoms with Gasteiger partial charge in [0.1, 0.15) is 17.0 Å². The van der Waals surface area contributed by atoms with Crippen molar-refractivity contribution in [3.8, 4) is 23.1 Å². The first-order valence-electron chi connectivity index (χ1n) is 11.3. The third-order valence-electron chi connectivity index (χ3n) is 5.36. The molecule has 3 N–H and O–H groups in total. The van der Waals surface area contributed by atoms with Crippen molar-refractivity contribution in [3.63, 3.8) is 0 Å². The predicted octanol–water partition coefficient (Wildman–Crippen LogP) is 3.76. The lowest BCUT2D eigenvalue weighted by Gasteiger charge is -2.09. The molecule has 0 spiro atoms. The number of benzene rings is 2. The number of nitrogens with zero attached hydrogens (tertiary/aromatic N) is 5. The molecule has 190 valence electrons. The van der Waals surface area contributed by atoms with Gasteiger partial charge in [-0.15, -0.1) is 0 Å². The number of carbonyl (C=O) groups is 1. The SMILES string of the molecule is Cc1noc(-c2c[nH]/c(=N\c3ccc(Oc4cccc(C(N)=O)n4)cc3)n(Cc3ccc(Cl)cc3)c2=O)n1. The Hall–Kier alpha value is -5.03. The first-order chi connectivity index (χ1) is 18.4. The van der Waals surface area contributed by atoms with Crippen LogP contribution < -0.4 is 21.6 Å². The van der Waals surface area contributed by atoms with Gasteiger partial charge in [-0.05, 0) is 55.0 Å². The zero-order chi connectivity index (χ0) is 26.6. The molecule has 0 unspecified atom stereocenters. The van der Waals surface area contributed by atoms with Crippen LogP contribution in [0.5, 0.6) is 11.6 Å². The highest BCUT2D eigenvalue weighted by atomic mass is 35.5. The topological polar surface area (TPSA) is 154 Å². The van der Waals surface area contributed by atoms with Gasteiger partial charge in [0.15, 0.2) is 5.82 Å². The second-order valence-corrected chi connectivity index (χ2v) is 8.56. The number of aryl methyl sites for hydroxylation is 1. The zero-order valence-corrected chi connectivity index (χ0v) is 20.7. The predicted molar refractivity (Wildman–Crippen MR) is 138 cm³/mol. The summed E-state index contributed by atoms with van der Waals surface area (Å²) in [5.41, 5.74) is 6.93. The fourth-order valence-corrected chi connectivity index (χ4v) is 3.66. The summed E-state index contributed by atoms with van der Waals surface area (Å²) >= 11 is 6.02. The molecule has 38 heavy (non-hydrogen) atoms. The molecule has 0 aliphatic carbocycles. The number of ether oxygens (including phenoxy) is 1. The molecule has 3 heterocycles. The molecule has 1 amide bonds. The Bertz CT molecular complexity index is 1740. The molecule has 2 aromatic carbocycles. The largest absolute Gasteiger partial charge is 0.439 e. The summed E-state index contributed by atoms with van der Waals surface area (Å²) < 4.78 is 12.4. The van der Waals surface area contributed by atoms with Crippen LogP contribution >= 0.6 is 11.6 Å². The molecule has 12 heteroatoms. The van der Waals surface area contributed by atoms with Crippen LogP contribution in [0.25, 0.3) is 11.5 Å². The van der Waals surface area contributed by atoms with Crippen LogP contribution in [-0.4, -0.2) is 30.6 Å². The molecule has 0 radical (unpaired) electrons. The standard InChI is InChI=1S/C26H20ClN7O4/c1-15-30-24(38-33-15)20-13-29-26(34(25(20)36)14-16-5-7-17(27)8-6-16)31-18-9-11-19(12-10-18)37-22-4-2-3-21(32-22)23(28)35/h2-13H,14H2,1H3,(H2,28,35)(H,29,31). The maximum absolute atomic E-state index is 13.5. The van der Waals surface area contributed by atoms with E-state index in [1.54, 1.807) is 55.5 Å². The Kier molecular flexibility index (Phi) is 6.83. The Morgan fingerprint density at radius 1 is 1.11 bits per heavy atom. The fourth-order valence-electron chi connectivity index (χ4n) is 3.53. The number of rotatable bonds is 7. The summed E-state index contributed by atoms with van der Waals surface area (Å²) in [5.74, 6) is 0.573. The van der Waals surface area contributed by atoms with Crippen LogP contribution in [-0.2, 0) is 6.54 Å². The molecule has 0 saturated carbocycles. The summed E-state index contributed by atoms with van der Waals surface area (Å²) in [5, 5.41) is 4.36. The molecule has 0 atom stereocenters. The minimum Gasteiger partial charge on any atom is -0.439 e. The Morgan fingerprint density at radius 2 is 1.87 bits per heavy atom. The lowest BCUT2D eigenvalue weighted by Crippen LogP contribution is -2.36. The van der Waals surface area contributed by atoms with Gasteiger partial charge in [-0.25, -0.2) is 9.98 Å². The van der Waals surface area contributed by atoms with E-state index in [9.17, 15) is 9.59 Å². The van der Waals surface area contributed by atoms with Crippen molar-refractivity contribution in [1.29, 1.82) is 0 Å². The summed E-state index contributed by atoms with van der Waals surface area (Å²) in [7, 11) is 0. The van der Waals surface area contributed by atoms with Gasteiger partial charge in [-0.2, -0.15) is 4.98 Å². The van der Waals surface area contributed by atoms with Gasteiger partial charge in [0.25, 0.3) is 17.4 Å². The van der Waals surface area contributed by atoms with Crippen molar-refractivity contribution in [2.45, 2.75) is 13.5 Å². The van der Waals surface area contributed by atoms with Gasteiger partial charge in [0.2, 0.25) is 11.5 Å². The van der Waals surface area contributed by atoms with E-state index in [0.29, 0.717) is 27.9 Å². The Balaban J connectivity index is 1.50. The average Bonchev–Trinajstić information content (AvgIpc) is 3.34. The molecule has 11 nitrogen and oxygen atoms in total. The quantitative estimate of drug-likeness (QED) is 0.325. The van der Waals surface area contributed by atoms with Crippen molar-refractivity contribution in [2.75, 3.05) is 0 Å². The summed E-state index contributed by atoms with van der Waals surface area (Å²) in [4.78, 5) is 40.7. The van der Waals surface area contributed by atoms with E-state index >= 15 is 0 Å². The molecule has 5 rings (SSSR count). The smallest absolute Gasteiger partial charge is 0.268 e. The third kappa shape index (κ3) is 5.52. The van der Waals surface area contributed by atoms with E-state index in [2.05, 4.69) is 25.1 Å². The number of carbonyl (C=O) groups excluding carboxylic acids is 1. The van der Waals surface area contributed by atoms with E-state index in [1.165, 1.54) is 16.8 Å². The van der Waals surface area contributed by atoms with Crippen molar-refractivity contribution in [1.82, 2.24) is 24.7 Å².